The predicted octanol–water partition coefficient (Wildman–Crippen LogP) is 4.41. The maximum atomic E-state index is 8.92. The van der Waals surface area contributed by atoms with E-state index < -0.39 is 0 Å². The molecule has 3 heteroatoms. The zero-order chi connectivity index (χ0) is 17.5. The number of aliphatic hydroxyl groups is 1. The van der Waals surface area contributed by atoms with Crippen LogP contribution in [0.1, 0.15) is 69.2 Å². The second-order valence-electron chi connectivity index (χ2n) is 7.63. The summed E-state index contributed by atoms with van der Waals surface area (Å²) in [4.78, 5) is 0. The summed E-state index contributed by atoms with van der Waals surface area (Å²) in [6.45, 7) is 10.9. The monoisotopic (exact) mass is 333 g/mol. The summed E-state index contributed by atoms with van der Waals surface area (Å²) in [6.07, 6.45) is 5.60. The maximum Gasteiger partial charge on any atom is 0.122 e. The molecule has 0 amide bonds. The van der Waals surface area contributed by atoms with E-state index in [0.717, 1.165) is 30.6 Å². The van der Waals surface area contributed by atoms with E-state index in [2.05, 4.69) is 45.1 Å². The van der Waals surface area contributed by atoms with Gasteiger partial charge in [0.25, 0.3) is 0 Å². The molecule has 2 rings (SSSR count). The number of hydrogen-bond donors (Lipinski definition) is 2. The average Bonchev–Trinajstić information content (AvgIpc) is 2.56. The Labute approximate surface area is 147 Å². The van der Waals surface area contributed by atoms with Crippen LogP contribution in [-0.4, -0.2) is 24.9 Å². The van der Waals surface area contributed by atoms with E-state index in [9.17, 15) is 0 Å². The lowest BCUT2D eigenvalue weighted by Crippen LogP contribution is -2.34. The Kier molecular flexibility index (Phi) is 7.57. The summed E-state index contributed by atoms with van der Waals surface area (Å²) in [5, 5.41) is 12.7. The van der Waals surface area contributed by atoms with E-state index in [4.69, 9.17) is 9.84 Å². The molecule has 0 aromatic heterocycles. The van der Waals surface area contributed by atoms with Crippen LogP contribution in [0.25, 0.3) is 0 Å². The number of piperidine rings is 1. The van der Waals surface area contributed by atoms with Gasteiger partial charge in [-0.2, -0.15) is 0 Å². The van der Waals surface area contributed by atoms with Crippen LogP contribution in [0, 0.1) is 18.8 Å². The Balaban J connectivity index is 2.06. The molecule has 1 aliphatic rings. The number of aliphatic hydroxyl groups excluding tert-OH is 1. The fourth-order valence-corrected chi connectivity index (χ4v) is 3.83. The number of ether oxygens (including phenoxy) is 1. The van der Waals surface area contributed by atoms with Gasteiger partial charge in [-0.25, -0.2) is 0 Å². The minimum absolute atomic E-state index is 0.182. The molecule has 2 atom stereocenters. The van der Waals surface area contributed by atoms with Crippen molar-refractivity contribution in [1.29, 1.82) is 0 Å². The number of benzene rings is 1. The third kappa shape index (κ3) is 5.22. The minimum Gasteiger partial charge on any atom is -0.493 e. The minimum atomic E-state index is 0.182. The highest BCUT2D eigenvalue weighted by atomic mass is 16.5. The molecule has 1 fully saturated rings. The van der Waals surface area contributed by atoms with Gasteiger partial charge in [0.05, 0.1) is 6.61 Å². The first-order valence-corrected chi connectivity index (χ1v) is 9.65. The molecular formula is C21H35NO2. The van der Waals surface area contributed by atoms with Gasteiger partial charge in [0.15, 0.2) is 0 Å². The normalized spacial score (nSPS) is 21.2. The highest BCUT2D eigenvalue weighted by Crippen LogP contribution is 2.34. The first-order chi connectivity index (χ1) is 11.5. The molecule has 136 valence electrons. The molecule has 2 unspecified atom stereocenters. The zero-order valence-corrected chi connectivity index (χ0v) is 15.9. The van der Waals surface area contributed by atoms with Gasteiger partial charge in [-0.1, -0.05) is 26.8 Å². The zero-order valence-electron chi connectivity index (χ0n) is 15.9. The molecule has 1 saturated heterocycles. The molecule has 1 aliphatic heterocycles. The summed E-state index contributed by atoms with van der Waals surface area (Å²) in [5.74, 6) is 2.59. The molecule has 1 aromatic carbocycles. The van der Waals surface area contributed by atoms with Crippen molar-refractivity contribution in [2.45, 2.75) is 65.8 Å². The Bertz CT molecular complexity index is 505. The summed E-state index contributed by atoms with van der Waals surface area (Å²) in [7, 11) is 0. The first-order valence-electron chi connectivity index (χ1n) is 9.65. The van der Waals surface area contributed by atoms with Crippen LogP contribution < -0.4 is 10.1 Å². The van der Waals surface area contributed by atoms with Crippen molar-refractivity contribution >= 4 is 0 Å². The molecule has 24 heavy (non-hydrogen) atoms. The van der Waals surface area contributed by atoms with Crippen molar-refractivity contribution in [2.75, 3.05) is 19.8 Å². The predicted molar refractivity (Wildman–Crippen MR) is 101 cm³/mol. The van der Waals surface area contributed by atoms with Crippen molar-refractivity contribution in [3.63, 3.8) is 0 Å². The van der Waals surface area contributed by atoms with Crippen molar-refractivity contribution in [1.82, 2.24) is 5.32 Å². The summed E-state index contributed by atoms with van der Waals surface area (Å²) < 4.78 is 5.84. The third-order valence-corrected chi connectivity index (χ3v) is 5.07. The van der Waals surface area contributed by atoms with Gasteiger partial charge in [0, 0.05) is 19.1 Å². The lowest BCUT2D eigenvalue weighted by molar-refractivity contribution is 0.232. The van der Waals surface area contributed by atoms with Crippen LogP contribution in [0.2, 0.25) is 0 Å². The Hall–Kier alpha value is -1.06. The maximum absolute atomic E-state index is 8.92. The van der Waals surface area contributed by atoms with Crippen LogP contribution in [0.5, 0.6) is 5.75 Å². The molecule has 2 N–H and O–H groups in total. The van der Waals surface area contributed by atoms with Gasteiger partial charge in [0.2, 0.25) is 0 Å². The molecule has 3 nitrogen and oxygen atoms in total. The first kappa shape index (κ1) is 19.3. The number of aryl methyl sites for hydroxylation is 2. The molecule has 1 aromatic rings. The Morgan fingerprint density at radius 1 is 1.29 bits per heavy atom. The number of rotatable bonds is 8. The highest BCUT2D eigenvalue weighted by molar-refractivity contribution is 5.43. The van der Waals surface area contributed by atoms with Crippen LogP contribution in [0.3, 0.4) is 0 Å². The van der Waals surface area contributed by atoms with Crippen molar-refractivity contribution < 1.29 is 9.84 Å². The van der Waals surface area contributed by atoms with E-state index in [1.807, 2.05) is 0 Å². The molecule has 0 radical (unpaired) electrons. The summed E-state index contributed by atoms with van der Waals surface area (Å²) >= 11 is 0. The van der Waals surface area contributed by atoms with Gasteiger partial charge in [-0.15, -0.1) is 0 Å². The second-order valence-corrected chi connectivity index (χ2v) is 7.63. The van der Waals surface area contributed by atoms with Crippen LogP contribution in [0.4, 0.5) is 0 Å². The van der Waals surface area contributed by atoms with Gasteiger partial charge in [-0.3, -0.25) is 0 Å². The van der Waals surface area contributed by atoms with Crippen LogP contribution in [-0.2, 0) is 6.42 Å². The van der Waals surface area contributed by atoms with Crippen molar-refractivity contribution in [3.05, 3.63) is 28.8 Å². The van der Waals surface area contributed by atoms with Gasteiger partial charge in [-0.05, 0) is 73.7 Å². The SMILES string of the molecule is CCc1cc(OCCCO)c(C)cc1C1CCC(CC(C)C)CN1. The fourth-order valence-electron chi connectivity index (χ4n) is 3.83. The molecule has 0 bridgehead atoms. The lowest BCUT2D eigenvalue weighted by atomic mass is 9.84. The van der Waals surface area contributed by atoms with Crippen molar-refractivity contribution in [2.24, 2.45) is 11.8 Å². The molecule has 1 heterocycles. The summed E-state index contributed by atoms with van der Waals surface area (Å²) in [5.41, 5.74) is 4.04. The van der Waals surface area contributed by atoms with E-state index in [0.29, 0.717) is 19.1 Å². The quantitative estimate of drug-likeness (QED) is 0.693. The topological polar surface area (TPSA) is 41.5 Å². The Morgan fingerprint density at radius 3 is 2.67 bits per heavy atom. The standard InChI is InChI=1S/C21H35NO2/c1-5-18-13-21(24-10-6-9-23)16(4)12-19(18)20-8-7-17(14-22-20)11-15(2)3/h12-13,15,17,20,22-23H,5-11,14H2,1-4H3. The molecular weight excluding hydrogens is 298 g/mol. The lowest BCUT2D eigenvalue weighted by Gasteiger charge is -2.32. The molecule has 0 aliphatic carbocycles. The van der Waals surface area contributed by atoms with E-state index in [1.165, 1.54) is 36.0 Å². The molecule has 0 spiro atoms. The highest BCUT2D eigenvalue weighted by Gasteiger charge is 2.24. The van der Waals surface area contributed by atoms with Crippen LogP contribution in [0.15, 0.2) is 12.1 Å². The fraction of sp³-hybridized carbons (Fsp3) is 0.714. The number of nitrogens with one attached hydrogen (secondary N) is 1. The van der Waals surface area contributed by atoms with Gasteiger partial charge in [0.1, 0.15) is 5.75 Å². The van der Waals surface area contributed by atoms with Crippen molar-refractivity contribution in [3.8, 4) is 5.75 Å². The average molecular weight is 334 g/mol. The van der Waals surface area contributed by atoms with E-state index in [-0.39, 0.29) is 6.61 Å². The van der Waals surface area contributed by atoms with E-state index in [1.54, 1.807) is 0 Å². The Morgan fingerprint density at radius 2 is 2.08 bits per heavy atom. The summed E-state index contributed by atoms with van der Waals surface area (Å²) in [6, 6.07) is 5.01. The third-order valence-electron chi connectivity index (χ3n) is 5.07. The second kappa shape index (κ2) is 9.43. The largest absolute Gasteiger partial charge is 0.493 e. The van der Waals surface area contributed by atoms with Gasteiger partial charge >= 0.3 is 0 Å². The van der Waals surface area contributed by atoms with E-state index >= 15 is 0 Å². The van der Waals surface area contributed by atoms with Crippen LogP contribution >= 0.6 is 0 Å². The molecule has 0 saturated carbocycles. The van der Waals surface area contributed by atoms with Gasteiger partial charge < -0.3 is 15.2 Å². The smallest absolute Gasteiger partial charge is 0.122 e. The number of hydrogen-bond acceptors (Lipinski definition) is 3.